The van der Waals surface area contributed by atoms with Crippen LogP contribution in [-0.2, 0) is 20.1 Å². The highest BCUT2D eigenvalue weighted by Crippen LogP contribution is 2.40. The lowest BCUT2D eigenvalue weighted by Crippen LogP contribution is -2.67. The van der Waals surface area contributed by atoms with Crippen molar-refractivity contribution in [1.29, 1.82) is 0 Å². The largest absolute Gasteiger partial charge is 0.466 e. The number of carbonyl (C=O) groups is 2. The molecule has 0 spiro atoms. The third kappa shape index (κ3) is 4.31. The van der Waals surface area contributed by atoms with Crippen molar-refractivity contribution in [3.8, 4) is 0 Å². The molecule has 2 aromatic carbocycles. The topological polar surface area (TPSA) is 79.5 Å². The first-order valence-corrected chi connectivity index (χ1v) is 11.1. The van der Waals surface area contributed by atoms with Gasteiger partial charge in [0.15, 0.2) is 0 Å². The molecule has 2 aliphatic heterocycles. The van der Waals surface area contributed by atoms with E-state index < -0.39 is 23.3 Å². The maximum atomic E-state index is 13.9. The molecule has 1 fully saturated rings. The maximum absolute atomic E-state index is 13.9. The smallest absolute Gasteiger partial charge is 0.336 e. The van der Waals surface area contributed by atoms with Gasteiger partial charge in [-0.15, -0.1) is 11.8 Å². The molecule has 162 valence electrons. The van der Waals surface area contributed by atoms with Crippen molar-refractivity contribution >= 4 is 23.6 Å². The number of esters is 1. The average Bonchev–Trinajstić information content (AvgIpc) is 2.77. The molecule has 0 radical (unpaired) electrons. The van der Waals surface area contributed by atoms with Gasteiger partial charge < -0.3 is 15.4 Å². The number of rotatable bonds is 5. The normalized spacial score (nSPS) is 25.3. The molecule has 0 bridgehead atoms. The first-order valence-electron chi connectivity index (χ1n) is 10.0. The number of hydrogen-bond acceptors (Lipinski definition) is 6. The van der Waals surface area contributed by atoms with E-state index in [-0.39, 0.29) is 17.9 Å². The predicted molar refractivity (Wildman–Crippen MR) is 117 cm³/mol. The molecule has 6 nitrogen and oxygen atoms in total. The van der Waals surface area contributed by atoms with E-state index in [4.69, 9.17) is 4.74 Å². The van der Waals surface area contributed by atoms with Crippen LogP contribution in [0.15, 0.2) is 65.9 Å². The highest BCUT2D eigenvalue weighted by molar-refractivity contribution is 7.99. The fraction of sp³-hybridized carbons (Fsp3) is 0.304. The molecular formula is C23H24FN3O3S. The molecule has 0 saturated carbocycles. The van der Waals surface area contributed by atoms with Crippen LogP contribution in [0.2, 0.25) is 0 Å². The standard InChI is InChI=1S/C23H24FN3O3S/c1-13-17(22(29)30-2)18(14-8-4-3-5-9-14)19-20(25-13)26-23(27-21(19)28)31-12-15-10-6-7-11-16(15)24/h3-11,18-20,23,25-26H,12H2,1-2H3,(H,27,28). The second-order valence-corrected chi connectivity index (χ2v) is 8.62. The van der Waals surface area contributed by atoms with E-state index in [1.165, 1.54) is 24.9 Å². The number of allylic oxidation sites excluding steroid dienone is 1. The van der Waals surface area contributed by atoms with E-state index in [0.29, 0.717) is 22.6 Å². The number of nitrogens with one attached hydrogen (secondary N) is 3. The minimum absolute atomic E-state index is 0.176. The minimum Gasteiger partial charge on any atom is -0.466 e. The zero-order valence-corrected chi connectivity index (χ0v) is 18.0. The molecule has 1 saturated heterocycles. The van der Waals surface area contributed by atoms with Gasteiger partial charge in [0.1, 0.15) is 11.3 Å². The maximum Gasteiger partial charge on any atom is 0.336 e. The first kappa shape index (κ1) is 21.4. The van der Waals surface area contributed by atoms with Crippen LogP contribution in [0.4, 0.5) is 4.39 Å². The Labute approximate surface area is 184 Å². The van der Waals surface area contributed by atoms with Crippen molar-refractivity contribution in [3.63, 3.8) is 0 Å². The van der Waals surface area contributed by atoms with Gasteiger partial charge in [-0.2, -0.15) is 0 Å². The summed E-state index contributed by atoms with van der Waals surface area (Å²) in [5.74, 6) is -1.50. The number of benzene rings is 2. The van der Waals surface area contributed by atoms with Crippen LogP contribution < -0.4 is 16.0 Å². The molecule has 4 atom stereocenters. The third-order valence-electron chi connectivity index (χ3n) is 5.64. The lowest BCUT2D eigenvalue weighted by molar-refractivity contribution is -0.137. The Morgan fingerprint density at radius 1 is 1.10 bits per heavy atom. The van der Waals surface area contributed by atoms with Gasteiger partial charge in [0.25, 0.3) is 0 Å². The molecule has 2 aromatic rings. The van der Waals surface area contributed by atoms with Gasteiger partial charge in [-0.1, -0.05) is 48.5 Å². The zero-order chi connectivity index (χ0) is 22.0. The zero-order valence-electron chi connectivity index (χ0n) is 17.2. The van der Waals surface area contributed by atoms with Gasteiger partial charge in [-0.3, -0.25) is 10.1 Å². The second kappa shape index (κ2) is 9.11. The summed E-state index contributed by atoms with van der Waals surface area (Å²) >= 11 is 1.40. The summed E-state index contributed by atoms with van der Waals surface area (Å²) in [6, 6.07) is 16.1. The van der Waals surface area contributed by atoms with Crippen LogP contribution in [0.1, 0.15) is 24.0 Å². The van der Waals surface area contributed by atoms with Crippen LogP contribution in [0.5, 0.6) is 0 Å². The highest BCUT2D eigenvalue weighted by atomic mass is 32.2. The van der Waals surface area contributed by atoms with Gasteiger partial charge in [0, 0.05) is 17.4 Å². The van der Waals surface area contributed by atoms with Crippen molar-refractivity contribution in [3.05, 3.63) is 82.8 Å². The molecule has 2 aliphatic rings. The Balaban J connectivity index is 1.60. The Morgan fingerprint density at radius 2 is 1.81 bits per heavy atom. The summed E-state index contributed by atoms with van der Waals surface area (Å²) in [6.45, 7) is 1.81. The number of amides is 1. The van der Waals surface area contributed by atoms with E-state index in [0.717, 1.165) is 5.56 Å². The van der Waals surface area contributed by atoms with Crippen LogP contribution in [0, 0.1) is 11.7 Å². The summed E-state index contributed by atoms with van der Waals surface area (Å²) in [4.78, 5) is 25.8. The van der Waals surface area contributed by atoms with Crippen molar-refractivity contribution in [2.45, 2.75) is 30.3 Å². The summed E-state index contributed by atoms with van der Waals surface area (Å²) in [7, 11) is 1.34. The van der Waals surface area contributed by atoms with Gasteiger partial charge in [-0.25, -0.2) is 9.18 Å². The van der Waals surface area contributed by atoms with Crippen LogP contribution >= 0.6 is 11.8 Å². The number of thioether (sulfide) groups is 1. The molecule has 4 rings (SSSR count). The number of hydrogen-bond donors (Lipinski definition) is 3. The molecule has 8 heteroatoms. The fourth-order valence-electron chi connectivity index (χ4n) is 4.19. The van der Waals surface area contributed by atoms with Gasteiger partial charge >= 0.3 is 5.97 Å². The van der Waals surface area contributed by atoms with Crippen LogP contribution in [0.25, 0.3) is 0 Å². The Hall–Kier alpha value is -2.84. The molecule has 2 heterocycles. The van der Waals surface area contributed by atoms with Crippen LogP contribution in [-0.4, -0.2) is 30.6 Å². The first-order chi connectivity index (χ1) is 15.0. The molecule has 0 aromatic heterocycles. The summed E-state index contributed by atoms with van der Waals surface area (Å²) < 4.78 is 19.0. The number of fused-ring (bicyclic) bond motifs is 1. The Morgan fingerprint density at radius 3 is 2.52 bits per heavy atom. The molecule has 4 unspecified atom stereocenters. The molecular weight excluding hydrogens is 417 g/mol. The lowest BCUT2D eigenvalue weighted by Gasteiger charge is -2.45. The van der Waals surface area contributed by atoms with Gasteiger partial charge in [0.05, 0.1) is 24.8 Å². The second-order valence-electron chi connectivity index (χ2n) is 7.52. The van der Waals surface area contributed by atoms with E-state index in [9.17, 15) is 14.0 Å². The Bertz CT molecular complexity index is 1010. The van der Waals surface area contributed by atoms with Gasteiger partial charge in [-0.05, 0) is 24.1 Å². The number of halogens is 1. The van der Waals surface area contributed by atoms with Crippen molar-refractivity contribution in [2.75, 3.05) is 7.11 Å². The lowest BCUT2D eigenvalue weighted by atomic mass is 9.74. The molecule has 0 aliphatic carbocycles. The number of methoxy groups -OCH3 is 1. The van der Waals surface area contributed by atoms with Crippen molar-refractivity contribution < 1.29 is 18.7 Å². The summed E-state index contributed by atoms with van der Waals surface area (Å²) in [5.41, 5.74) is 2.16. The molecule has 3 N–H and O–H groups in total. The van der Waals surface area contributed by atoms with E-state index in [2.05, 4.69) is 16.0 Å². The van der Waals surface area contributed by atoms with E-state index in [1.807, 2.05) is 37.3 Å². The summed E-state index contributed by atoms with van der Waals surface area (Å²) in [6.07, 6.45) is -0.384. The predicted octanol–water partition coefficient (Wildman–Crippen LogP) is 2.84. The molecule has 1 amide bonds. The SMILES string of the molecule is COC(=O)C1=C(C)NC2NC(SCc3ccccc3F)NC(=O)C2C1c1ccccc1. The van der Waals surface area contributed by atoms with E-state index >= 15 is 0 Å². The minimum atomic E-state index is -0.550. The van der Waals surface area contributed by atoms with Crippen molar-refractivity contribution in [2.24, 2.45) is 5.92 Å². The highest BCUT2D eigenvalue weighted by Gasteiger charge is 2.48. The monoisotopic (exact) mass is 441 g/mol. The molecule has 31 heavy (non-hydrogen) atoms. The van der Waals surface area contributed by atoms with Crippen molar-refractivity contribution in [1.82, 2.24) is 16.0 Å². The van der Waals surface area contributed by atoms with Crippen LogP contribution in [0.3, 0.4) is 0 Å². The number of ether oxygens (including phenoxy) is 1. The Kier molecular flexibility index (Phi) is 6.29. The van der Waals surface area contributed by atoms with Gasteiger partial charge in [0.2, 0.25) is 5.91 Å². The fourth-order valence-corrected chi connectivity index (χ4v) is 5.21. The van der Waals surface area contributed by atoms with E-state index in [1.54, 1.807) is 18.2 Å². The summed E-state index contributed by atoms with van der Waals surface area (Å²) in [5, 5.41) is 9.64. The quantitative estimate of drug-likeness (QED) is 0.620. The average molecular weight is 442 g/mol. The number of carbonyl (C=O) groups excluding carboxylic acids is 2. The third-order valence-corrected chi connectivity index (χ3v) is 6.70.